The van der Waals surface area contributed by atoms with Crippen molar-refractivity contribution >= 4 is 21.9 Å². The summed E-state index contributed by atoms with van der Waals surface area (Å²) in [5.41, 5.74) is -0.165. The summed E-state index contributed by atoms with van der Waals surface area (Å²) >= 11 is 3.34. The van der Waals surface area contributed by atoms with Gasteiger partial charge in [-0.25, -0.2) is 9.18 Å². The SMILES string of the molecule is CC(=O)On1nnc(-c2cc(OCC3(COc4cc(F)ccc4Br)CC3)no2)n1. The van der Waals surface area contributed by atoms with Gasteiger partial charge < -0.3 is 18.8 Å². The lowest BCUT2D eigenvalue weighted by atomic mass is 10.1. The Morgan fingerprint density at radius 1 is 1.31 bits per heavy atom. The van der Waals surface area contributed by atoms with Crippen molar-refractivity contribution in [2.45, 2.75) is 19.8 Å². The van der Waals surface area contributed by atoms with Crippen LogP contribution in [0.1, 0.15) is 19.8 Å². The first-order valence-corrected chi connectivity index (χ1v) is 9.38. The lowest BCUT2D eigenvalue weighted by molar-refractivity contribution is -0.145. The largest absolute Gasteiger partial charge is 0.492 e. The number of carbonyl (C=O) groups excluding carboxylic acids is 1. The minimum Gasteiger partial charge on any atom is -0.492 e. The zero-order chi connectivity index (χ0) is 20.4. The minimum atomic E-state index is -0.585. The smallest absolute Gasteiger partial charge is 0.333 e. The lowest BCUT2D eigenvalue weighted by Crippen LogP contribution is -2.21. The van der Waals surface area contributed by atoms with Gasteiger partial charge in [0, 0.05) is 23.4 Å². The summed E-state index contributed by atoms with van der Waals surface area (Å²) in [6.45, 7) is 1.96. The second-order valence-corrected chi connectivity index (χ2v) is 7.48. The number of hydrogen-bond donors (Lipinski definition) is 0. The molecule has 4 rings (SSSR count). The van der Waals surface area contributed by atoms with Gasteiger partial charge in [-0.15, -0.1) is 5.10 Å². The van der Waals surface area contributed by atoms with E-state index in [0.717, 1.165) is 12.8 Å². The Morgan fingerprint density at radius 3 is 2.86 bits per heavy atom. The van der Waals surface area contributed by atoms with Crippen molar-refractivity contribution in [1.29, 1.82) is 0 Å². The summed E-state index contributed by atoms with van der Waals surface area (Å²) in [6.07, 6.45) is 1.84. The Morgan fingerprint density at radius 2 is 2.10 bits per heavy atom. The van der Waals surface area contributed by atoms with E-state index in [4.69, 9.17) is 14.0 Å². The van der Waals surface area contributed by atoms with Gasteiger partial charge in [0.15, 0.2) is 0 Å². The number of benzene rings is 1. The molecule has 0 amide bonds. The molecule has 0 N–H and O–H groups in total. The van der Waals surface area contributed by atoms with Crippen molar-refractivity contribution in [3.05, 3.63) is 34.6 Å². The Balaban J connectivity index is 1.33. The normalized spacial score (nSPS) is 14.4. The maximum absolute atomic E-state index is 13.4. The molecule has 1 fully saturated rings. The maximum Gasteiger partial charge on any atom is 0.333 e. The average Bonchev–Trinajstić information content (AvgIpc) is 3.07. The molecule has 2 aromatic heterocycles. The summed E-state index contributed by atoms with van der Waals surface area (Å²) in [7, 11) is 0. The summed E-state index contributed by atoms with van der Waals surface area (Å²) in [6, 6.07) is 5.80. The van der Waals surface area contributed by atoms with Crippen LogP contribution in [0, 0.1) is 11.2 Å². The van der Waals surface area contributed by atoms with Gasteiger partial charge in [-0.3, -0.25) is 0 Å². The van der Waals surface area contributed by atoms with Crippen molar-refractivity contribution in [3.8, 4) is 23.2 Å². The molecule has 29 heavy (non-hydrogen) atoms. The highest BCUT2D eigenvalue weighted by Crippen LogP contribution is 2.46. The molecule has 152 valence electrons. The van der Waals surface area contributed by atoms with Crippen LogP contribution in [-0.2, 0) is 4.79 Å². The van der Waals surface area contributed by atoms with Crippen molar-refractivity contribution < 1.29 is 28.0 Å². The fraction of sp³-hybridized carbons (Fsp3) is 0.353. The fourth-order valence-corrected chi connectivity index (χ4v) is 2.80. The number of nitrogens with zero attached hydrogens (tertiary/aromatic N) is 5. The van der Waals surface area contributed by atoms with Crippen LogP contribution in [-0.4, -0.2) is 44.7 Å². The molecule has 0 radical (unpaired) electrons. The van der Waals surface area contributed by atoms with Gasteiger partial charge in [-0.2, -0.15) is 0 Å². The molecule has 10 nitrogen and oxygen atoms in total. The van der Waals surface area contributed by atoms with E-state index in [1.54, 1.807) is 6.07 Å². The molecule has 0 aliphatic heterocycles. The van der Waals surface area contributed by atoms with Gasteiger partial charge >= 0.3 is 5.97 Å². The van der Waals surface area contributed by atoms with Gasteiger partial charge in [0.2, 0.25) is 11.6 Å². The van der Waals surface area contributed by atoms with Crippen molar-refractivity contribution in [1.82, 2.24) is 25.5 Å². The molecule has 1 saturated carbocycles. The number of rotatable bonds is 8. The van der Waals surface area contributed by atoms with E-state index in [0.29, 0.717) is 28.4 Å². The molecule has 1 aliphatic carbocycles. The van der Waals surface area contributed by atoms with E-state index in [1.807, 2.05) is 0 Å². The van der Waals surface area contributed by atoms with Crippen LogP contribution in [0.15, 0.2) is 33.3 Å². The number of carbonyl (C=O) groups is 1. The first-order chi connectivity index (χ1) is 13.9. The molecule has 1 aromatic carbocycles. The van der Waals surface area contributed by atoms with Crippen LogP contribution in [0.5, 0.6) is 11.6 Å². The van der Waals surface area contributed by atoms with E-state index < -0.39 is 5.97 Å². The topological polar surface area (TPSA) is 114 Å². The Hall–Kier alpha value is -3.02. The quantitative estimate of drug-likeness (QED) is 0.460. The predicted octanol–water partition coefficient (Wildman–Crippen LogP) is 2.44. The maximum atomic E-state index is 13.4. The van der Waals surface area contributed by atoms with Gasteiger partial charge in [0.25, 0.3) is 5.88 Å². The highest BCUT2D eigenvalue weighted by atomic mass is 79.9. The average molecular weight is 468 g/mol. The zero-order valence-electron chi connectivity index (χ0n) is 15.2. The van der Waals surface area contributed by atoms with Gasteiger partial charge in [0.05, 0.1) is 23.8 Å². The molecular weight excluding hydrogens is 453 g/mol. The Bertz CT molecular complexity index is 1030. The van der Waals surface area contributed by atoms with E-state index in [1.165, 1.54) is 25.1 Å². The van der Waals surface area contributed by atoms with E-state index in [-0.39, 0.29) is 28.7 Å². The molecule has 0 spiro atoms. The molecule has 0 atom stereocenters. The van der Waals surface area contributed by atoms with Crippen LogP contribution < -0.4 is 14.3 Å². The molecule has 0 unspecified atom stereocenters. The fourth-order valence-electron chi connectivity index (χ4n) is 2.44. The van der Waals surface area contributed by atoms with Crippen LogP contribution in [0.25, 0.3) is 11.6 Å². The van der Waals surface area contributed by atoms with Crippen molar-refractivity contribution in [2.24, 2.45) is 5.41 Å². The summed E-state index contributed by atoms with van der Waals surface area (Å²) < 4.78 is 30.7. The molecule has 3 aromatic rings. The van der Waals surface area contributed by atoms with Crippen molar-refractivity contribution in [3.63, 3.8) is 0 Å². The first kappa shape index (κ1) is 19.3. The number of aromatic nitrogens is 5. The highest BCUT2D eigenvalue weighted by molar-refractivity contribution is 9.10. The molecule has 0 bridgehead atoms. The molecule has 0 saturated heterocycles. The molecule has 2 heterocycles. The second-order valence-electron chi connectivity index (χ2n) is 6.63. The van der Waals surface area contributed by atoms with Crippen LogP contribution in [0.4, 0.5) is 4.39 Å². The van der Waals surface area contributed by atoms with Gasteiger partial charge in [0.1, 0.15) is 11.6 Å². The number of halogens is 2. The van der Waals surface area contributed by atoms with Gasteiger partial charge in [-0.05, 0) is 51.3 Å². The van der Waals surface area contributed by atoms with Crippen LogP contribution >= 0.6 is 15.9 Å². The highest BCUT2D eigenvalue weighted by Gasteiger charge is 2.45. The van der Waals surface area contributed by atoms with Crippen molar-refractivity contribution in [2.75, 3.05) is 13.2 Å². The molecule has 12 heteroatoms. The standard InChI is InChI=1S/C17H15BrFN5O5/c1-10(25)29-24-21-16(20-23-24)14-7-15(22-28-14)27-9-17(4-5-17)8-26-13-6-11(19)2-3-12(13)18/h2-3,6-7H,4-5,8-9H2,1H3. The number of hydrogen-bond acceptors (Lipinski definition) is 9. The third-order valence-corrected chi connectivity index (χ3v) is 4.88. The van der Waals surface area contributed by atoms with Crippen LogP contribution in [0.3, 0.4) is 0 Å². The van der Waals surface area contributed by atoms with Crippen LogP contribution in [0.2, 0.25) is 0 Å². The van der Waals surface area contributed by atoms with E-state index >= 15 is 0 Å². The summed E-state index contributed by atoms with van der Waals surface area (Å²) in [5, 5.41) is 14.9. The monoisotopic (exact) mass is 467 g/mol. The number of tetrazole rings is 1. The zero-order valence-corrected chi connectivity index (χ0v) is 16.8. The number of ether oxygens (including phenoxy) is 2. The summed E-state index contributed by atoms with van der Waals surface area (Å²) in [5.74, 6) is 0.0534. The Kier molecular flexibility index (Phi) is 5.18. The van der Waals surface area contributed by atoms with E-state index in [9.17, 15) is 9.18 Å². The van der Waals surface area contributed by atoms with Gasteiger partial charge in [-0.1, -0.05) is 5.10 Å². The Labute approximate surface area is 172 Å². The molecular formula is C17H15BrFN5O5. The van der Waals surface area contributed by atoms with E-state index in [2.05, 4.69) is 41.3 Å². The lowest BCUT2D eigenvalue weighted by Gasteiger charge is -2.16. The predicted molar refractivity (Wildman–Crippen MR) is 97.3 cm³/mol. The summed E-state index contributed by atoms with van der Waals surface area (Å²) in [4.78, 5) is 16.2. The second kappa shape index (κ2) is 7.78. The first-order valence-electron chi connectivity index (χ1n) is 8.59. The minimum absolute atomic E-state index is 0.0917. The third-order valence-electron chi connectivity index (χ3n) is 4.23. The molecule has 1 aliphatic rings. The third kappa shape index (κ3) is 4.70.